The maximum atomic E-state index is 12.8. The number of hydrogen-bond donors (Lipinski definition) is 0. The first-order chi connectivity index (χ1) is 9.73. The Bertz CT molecular complexity index is 656. The number of hydrogen-bond acceptors (Lipinski definition) is 3. The van der Waals surface area contributed by atoms with Crippen molar-refractivity contribution >= 4 is 15.6 Å². The Morgan fingerprint density at radius 3 is 2.33 bits per heavy atom. The summed E-state index contributed by atoms with van der Waals surface area (Å²) in [5.41, 5.74) is 1.90. The lowest BCUT2D eigenvalue weighted by Gasteiger charge is -2.33. The Hall–Kier alpha value is -1.42. The molecule has 0 spiro atoms. The standard InChI is InChI=1S/C17H22O3S/c1-11(2)14-9-16(18)13(4)17(10-14)21(19,20)15-7-5-12(3)6-8-15/h5-8,13-14,17H,1,9-10H2,2-4H3. The molecule has 1 aliphatic rings. The normalized spacial score (nSPS) is 26.6. The van der Waals surface area contributed by atoms with Gasteiger partial charge in [0.1, 0.15) is 5.78 Å². The van der Waals surface area contributed by atoms with Gasteiger partial charge in [-0.1, -0.05) is 36.8 Å². The van der Waals surface area contributed by atoms with Gasteiger partial charge in [-0.3, -0.25) is 4.79 Å². The van der Waals surface area contributed by atoms with Crippen molar-refractivity contribution in [1.82, 2.24) is 0 Å². The highest BCUT2D eigenvalue weighted by molar-refractivity contribution is 7.92. The summed E-state index contributed by atoms with van der Waals surface area (Å²) in [5, 5.41) is -0.650. The molecule has 3 nitrogen and oxygen atoms in total. The van der Waals surface area contributed by atoms with Crippen molar-refractivity contribution in [2.45, 2.75) is 43.8 Å². The number of aryl methyl sites for hydroxylation is 1. The van der Waals surface area contributed by atoms with Crippen LogP contribution in [-0.4, -0.2) is 19.5 Å². The lowest BCUT2D eigenvalue weighted by atomic mass is 9.79. The molecule has 1 aromatic rings. The fraction of sp³-hybridized carbons (Fsp3) is 0.471. The highest BCUT2D eigenvalue weighted by Gasteiger charge is 2.42. The highest BCUT2D eigenvalue weighted by atomic mass is 32.2. The summed E-state index contributed by atoms with van der Waals surface area (Å²) in [6.07, 6.45) is 0.898. The lowest BCUT2D eigenvalue weighted by Crippen LogP contribution is -2.40. The van der Waals surface area contributed by atoms with Crippen molar-refractivity contribution in [2.24, 2.45) is 11.8 Å². The average Bonchev–Trinajstić information content (AvgIpc) is 2.41. The summed E-state index contributed by atoms with van der Waals surface area (Å²) in [4.78, 5) is 12.5. The Morgan fingerprint density at radius 2 is 1.81 bits per heavy atom. The molecular formula is C17H22O3S. The molecule has 1 aliphatic carbocycles. The quantitative estimate of drug-likeness (QED) is 0.805. The van der Waals surface area contributed by atoms with Crippen LogP contribution >= 0.6 is 0 Å². The average molecular weight is 306 g/mol. The van der Waals surface area contributed by atoms with E-state index >= 15 is 0 Å². The van der Waals surface area contributed by atoms with Crippen LogP contribution in [-0.2, 0) is 14.6 Å². The molecule has 1 aromatic carbocycles. The molecule has 1 saturated carbocycles. The molecule has 21 heavy (non-hydrogen) atoms. The van der Waals surface area contributed by atoms with Crippen molar-refractivity contribution in [3.8, 4) is 0 Å². The van der Waals surface area contributed by atoms with E-state index in [1.54, 1.807) is 31.2 Å². The highest BCUT2D eigenvalue weighted by Crippen LogP contribution is 2.36. The van der Waals surface area contributed by atoms with Crippen molar-refractivity contribution in [1.29, 1.82) is 0 Å². The Balaban J connectivity index is 2.39. The monoisotopic (exact) mass is 306 g/mol. The maximum absolute atomic E-state index is 12.8. The van der Waals surface area contributed by atoms with E-state index in [4.69, 9.17) is 0 Å². The van der Waals surface area contributed by atoms with Gasteiger partial charge in [0.2, 0.25) is 0 Å². The van der Waals surface area contributed by atoms with Crippen LogP contribution in [0.4, 0.5) is 0 Å². The van der Waals surface area contributed by atoms with E-state index in [9.17, 15) is 13.2 Å². The smallest absolute Gasteiger partial charge is 0.181 e. The van der Waals surface area contributed by atoms with Crippen LogP contribution in [0.3, 0.4) is 0 Å². The van der Waals surface area contributed by atoms with E-state index in [1.165, 1.54) is 0 Å². The van der Waals surface area contributed by atoms with Gasteiger partial charge in [-0.15, -0.1) is 0 Å². The molecular weight excluding hydrogens is 284 g/mol. The Kier molecular flexibility index (Phi) is 4.38. The molecule has 0 bridgehead atoms. The number of allylic oxidation sites excluding steroid dienone is 1. The van der Waals surface area contributed by atoms with Crippen LogP contribution in [0.5, 0.6) is 0 Å². The number of benzene rings is 1. The van der Waals surface area contributed by atoms with Crippen LogP contribution in [0.25, 0.3) is 0 Å². The van der Waals surface area contributed by atoms with Gasteiger partial charge >= 0.3 is 0 Å². The minimum atomic E-state index is -3.49. The van der Waals surface area contributed by atoms with Crippen molar-refractivity contribution in [3.63, 3.8) is 0 Å². The minimum absolute atomic E-state index is 0.0231. The molecule has 2 rings (SSSR count). The van der Waals surface area contributed by atoms with Gasteiger partial charge in [0.05, 0.1) is 10.1 Å². The van der Waals surface area contributed by atoms with Gasteiger partial charge in [-0.05, 0) is 38.3 Å². The van der Waals surface area contributed by atoms with Gasteiger partial charge in [0.15, 0.2) is 9.84 Å². The van der Waals surface area contributed by atoms with Gasteiger partial charge in [-0.25, -0.2) is 8.42 Å². The van der Waals surface area contributed by atoms with Gasteiger partial charge in [0, 0.05) is 12.3 Å². The summed E-state index contributed by atoms with van der Waals surface area (Å²) < 4.78 is 25.7. The van der Waals surface area contributed by atoms with Gasteiger partial charge in [0.25, 0.3) is 0 Å². The molecule has 0 amide bonds. The first-order valence-electron chi connectivity index (χ1n) is 7.22. The van der Waals surface area contributed by atoms with Crippen molar-refractivity contribution in [3.05, 3.63) is 42.0 Å². The largest absolute Gasteiger partial charge is 0.299 e. The second kappa shape index (κ2) is 5.76. The zero-order chi connectivity index (χ0) is 15.8. The van der Waals surface area contributed by atoms with E-state index in [1.807, 2.05) is 13.8 Å². The summed E-state index contributed by atoms with van der Waals surface area (Å²) in [7, 11) is -3.49. The summed E-state index contributed by atoms with van der Waals surface area (Å²) in [5.74, 6) is -0.458. The number of Topliss-reactive ketones (excluding diaryl/α,β-unsaturated/α-hetero) is 1. The lowest BCUT2D eigenvalue weighted by molar-refractivity contribution is -0.124. The number of carbonyl (C=O) groups excluding carboxylic acids is 1. The zero-order valence-electron chi connectivity index (χ0n) is 12.8. The maximum Gasteiger partial charge on any atom is 0.181 e. The predicted octanol–water partition coefficient (Wildman–Crippen LogP) is 3.33. The van der Waals surface area contributed by atoms with Gasteiger partial charge < -0.3 is 0 Å². The SMILES string of the molecule is C=C(C)C1CC(=O)C(C)C(S(=O)(=O)c2ccc(C)cc2)C1. The second-order valence-electron chi connectivity index (χ2n) is 6.13. The first-order valence-corrected chi connectivity index (χ1v) is 8.76. The molecule has 1 fully saturated rings. The van der Waals surface area contributed by atoms with E-state index in [0.717, 1.165) is 11.1 Å². The minimum Gasteiger partial charge on any atom is -0.299 e. The Morgan fingerprint density at radius 1 is 1.24 bits per heavy atom. The second-order valence-corrected chi connectivity index (χ2v) is 8.30. The van der Waals surface area contributed by atoms with Crippen LogP contribution < -0.4 is 0 Å². The number of carbonyl (C=O) groups is 1. The van der Waals surface area contributed by atoms with E-state index < -0.39 is 21.0 Å². The molecule has 0 saturated heterocycles. The fourth-order valence-electron chi connectivity index (χ4n) is 2.88. The van der Waals surface area contributed by atoms with Crippen LogP contribution in [0.2, 0.25) is 0 Å². The molecule has 0 aliphatic heterocycles. The van der Waals surface area contributed by atoms with Crippen LogP contribution in [0.1, 0.15) is 32.3 Å². The number of rotatable bonds is 3. The van der Waals surface area contributed by atoms with Crippen LogP contribution in [0.15, 0.2) is 41.3 Å². The molecule has 4 heteroatoms. The molecule has 0 aromatic heterocycles. The third-order valence-electron chi connectivity index (χ3n) is 4.47. The van der Waals surface area contributed by atoms with Crippen molar-refractivity contribution in [2.75, 3.05) is 0 Å². The molecule has 0 radical (unpaired) electrons. The van der Waals surface area contributed by atoms with E-state index in [0.29, 0.717) is 17.7 Å². The summed E-state index contributed by atoms with van der Waals surface area (Å²) in [6.45, 7) is 9.40. The molecule has 3 atom stereocenters. The number of sulfone groups is 1. The molecule has 3 unspecified atom stereocenters. The summed E-state index contributed by atoms with van der Waals surface area (Å²) >= 11 is 0. The Labute approximate surface area is 127 Å². The van der Waals surface area contributed by atoms with Crippen LogP contribution in [0, 0.1) is 18.8 Å². The zero-order valence-corrected chi connectivity index (χ0v) is 13.6. The molecule has 114 valence electrons. The predicted molar refractivity (Wildman–Crippen MR) is 83.9 cm³/mol. The fourth-order valence-corrected chi connectivity index (χ4v) is 4.92. The number of ketones is 1. The topological polar surface area (TPSA) is 51.2 Å². The third kappa shape index (κ3) is 3.10. The summed E-state index contributed by atoms with van der Waals surface area (Å²) in [6, 6.07) is 6.84. The van der Waals surface area contributed by atoms with Crippen molar-refractivity contribution < 1.29 is 13.2 Å². The first kappa shape index (κ1) is 16.0. The van der Waals surface area contributed by atoms with Gasteiger partial charge in [-0.2, -0.15) is 0 Å². The van der Waals surface area contributed by atoms with E-state index in [2.05, 4.69) is 6.58 Å². The molecule has 0 N–H and O–H groups in total. The van der Waals surface area contributed by atoms with E-state index in [-0.39, 0.29) is 11.7 Å². The third-order valence-corrected chi connectivity index (χ3v) is 6.80. The molecule has 0 heterocycles.